The molecular formula is C14H24N2O. The highest BCUT2D eigenvalue weighted by atomic mass is 16.5. The van der Waals surface area contributed by atoms with Gasteiger partial charge in [0.2, 0.25) is 0 Å². The topological polar surface area (TPSA) is 47.3 Å². The second-order valence-corrected chi connectivity index (χ2v) is 4.87. The summed E-state index contributed by atoms with van der Waals surface area (Å²) < 4.78 is 5.31. The first-order chi connectivity index (χ1) is 7.99. The highest BCUT2D eigenvalue weighted by molar-refractivity contribution is 5.57. The first-order valence-corrected chi connectivity index (χ1v) is 6.11. The molecule has 0 aliphatic heterocycles. The number of rotatable bonds is 5. The van der Waals surface area contributed by atoms with Gasteiger partial charge in [-0.3, -0.25) is 0 Å². The largest absolute Gasteiger partial charge is 0.496 e. The SMILES string of the molecule is COc1cc(C)c(NC(CN)C(C)C)cc1C. The van der Waals surface area contributed by atoms with E-state index in [-0.39, 0.29) is 0 Å². The number of nitrogens with one attached hydrogen (secondary N) is 1. The lowest BCUT2D eigenvalue weighted by Crippen LogP contribution is -2.33. The van der Waals surface area contributed by atoms with Gasteiger partial charge in [-0.2, -0.15) is 0 Å². The maximum Gasteiger partial charge on any atom is 0.122 e. The van der Waals surface area contributed by atoms with Crippen molar-refractivity contribution in [2.75, 3.05) is 19.0 Å². The zero-order valence-corrected chi connectivity index (χ0v) is 11.5. The minimum atomic E-state index is 0.307. The molecule has 3 nitrogen and oxygen atoms in total. The zero-order valence-electron chi connectivity index (χ0n) is 11.5. The van der Waals surface area contributed by atoms with E-state index in [4.69, 9.17) is 10.5 Å². The van der Waals surface area contributed by atoms with Crippen LogP contribution in [-0.4, -0.2) is 19.7 Å². The van der Waals surface area contributed by atoms with Crippen molar-refractivity contribution in [2.45, 2.75) is 33.7 Å². The van der Waals surface area contributed by atoms with Crippen LogP contribution < -0.4 is 15.8 Å². The standard InChI is InChI=1S/C14H24N2O/c1-9(2)13(8-15)16-12-6-11(4)14(17-5)7-10(12)3/h6-7,9,13,16H,8,15H2,1-5H3. The van der Waals surface area contributed by atoms with Crippen LogP contribution in [0.1, 0.15) is 25.0 Å². The molecule has 0 bridgehead atoms. The molecule has 0 fully saturated rings. The Morgan fingerprint density at radius 2 is 1.88 bits per heavy atom. The molecule has 96 valence electrons. The lowest BCUT2D eigenvalue weighted by molar-refractivity contribution is 0.411. The molecule has 0 saturated heterocycles. The van der Waals surface area contributed by atoms with E-state index in [1.54, 1.807) is 7.11 Å². The second-order valence-electron chi connectivity index (χ2n) is 4.87. The molecule has 0 saturated carbocycles. The zero-order chi connectivity index (χ0) is 13.0. The molecule has 17 heavy (non-hydrogen) atoms. The molecular weight excluding hydrogens is 212 g/mol. The Hall–Kier alpha value is -1.22. The Kier molecular flexibility index (Phi) is 4.82. The van der Waals surface area contributed by atoms with Crippen molar-refractivity contribution < 1.29 is 4.74 Å². The van der Waals surface area contributed by atoms with E-state index >= 15 is 0 Å². The molecule has 0 aliphatic carbocycles. The third-order valence-electron chi connectivity index (χ3n) is 3.14. The molecule has 3 N–H and O–H groups in total. The van der Waals surface area contributed by atoms with E-state index in [9.17, 15) is 0 Å². The number of ether oxygens (including phenoxy) is 1. The van der Waals surface area contributed by atoms with E-state index in [1.807, 2.05) is 0 Å². The van der Waals surface area contributed by atoms with Crippen molar-refractivity contribution in [1.82, 2.24) is 0 Å². The minimum absolute atomic E-state index is 0.307. The number of benzene rings is 1. The van der Waals surface area contributed by atoms with Gasteiger partial charge in [0.15, 0.2) is 0 Å². The Labute approximate surface area is 104 Å². The molecule has 1 aromatic rings. The van der Waals surface area contributed by atoms with E-state index in [1.165, 1.54) is 5.56 Å². The molecule has 0 radical (unpaired) electrons. The van der Waals surface area contributed by atoms with Crippen molar-refractivity contribution >= 4 is 5.69 Å². The van der Waals surface area contributed by atoms with Gasteiger partial charge in [-0.1, -0.05) is 13.8 Å². The molecule has 1 unspecified atom stereocenters. The number of aryl methyl sites for hydroxylation is 2. The molecule has 0 aliphatic rings. The van der Waals surface area contributed by atoms with Gasteiger partial charge in [-0.25, -0.2) is 0 Å². The van der Waals surface area contributed by atoms with Crippen LogP contribution in [0, 0.1) is 19.8 Å². The predicted molar refractivity (Wildman–Crippen MR) is 73.8 cm³/mol. The number of hydrogen-bond donors (Lipinski definition) is 2. The average Bonchev–Trinajstić information content (AvgIpc) is 2.29. The van der Waals surface area contributed by atoms with E-state index in [0.717, 1.165) is 17.0 Å². The molecule has 0 heterocycles. The summed E-state index contributed by atoms with van der Waals surface area (Å²) in [6, 6.07) is 4.49. The Bertz CT molecular complexity index is 375. The molecule has 0 aromatic heterocycles. The summed E-state index contributed by atoms with van der Waals surface area (Å²) in [5, 5.41) is 3.51. The van der Waals surface area contributed by atoms with Crippen LogP contribution in [0.4, 0.5) is 5.69 Å². The molecule has 1 atom stereocenters. The van der Waals surface area contributed by atoms with Crippen molar-refractivity contribution in [1.29, 1.82) is 0 Å². The predicted octanol–water partition coefficient (Wildman–Crippen LogP) is 2.71. The third-order valence-corrected chi connectivity index (χ3v) is 3.14. The van der Waals surface area contributed by atoms with Gasteiger partial charge in [0.25, 0.3) is 0 Å². The summed E-state index contributed by atoms with van der Waals surface area (Å²) in [6.07, 6.45) is 0. The lowest BCUT2D eigenvalue weighted by Gasteiger charge is -2.23. The van der Waals surface area contributed by atoms with Gasteiger partial charge in [0.05, 0.1) is 7.11 Å². The number of nitrogens with two attached hydrogens (primary N) is 1. The molecule has 0 amide bonds. The van der Waals surface area contributed by atoms with Crippen molar-refractivity contribution in [3.05, 3.63) is 23.3 Å². The first kappa shape index (κ1) is 13.8. The van der Waals surface area contributed by atoms with Gasteiger partial charge < -0.3 is 15.8 Å². The molecule has 1 aromatic carbocycles. The lowest BCUT2D eigenvalue weighted by atomic mass is 10.0. The van der Waals surface area contributed by atoms with Gasteiger partial charge in [0.1, 0.15) is 5.75 Å². The second kappa shape index (κ2) is 5.92. The highest BCUT2D eigenvalue weighted by Gasteiger charge is 2.13. The molecule has 1 rings (SSSR count). The van der Waals surface area contributed by atoms with Crippen LogP contribution in [0.2, 0.25) is 0 Å². The summed E-state index contributed by atoms with van der Waals surface area (Å²) in [6.45, 7) is 9.13. The fourth-order valence-electron chi connectivity index (χ4n) is 1.86. The van der Waals surface area contributed by atoms with Crippen LogP contribution in [0.5, 0.6) is 5.75 Å². The maximum atomic E-state index is 5.78. The van der Waals surface area contributed by atoms with Crippen LogP contribution in [0.15, 0.2) is 12.1 Å². The quantitative estimate of drug-likeness (QED) is 0.826. The normalized spacial score (nSPS) is 12.6. The average molecular weight is 236 g/mol. The molecule has 3 heteroatoms. The minimum Gasteiger partial charge on any atom is -0.496 e. The summed E-state index contributed by atoms with van der Waals surface area (Å²) >= 11 is 0. The number of methoxy groups -OCH3 is 1. The number of hydrogen-bond acceptors (Lipinski definition) is 3. The summed E-state index contributed by atoms with van der Waals surface area (Å²) in [7, 11) is 1.70. The van der Waals surface area contributed by atoms with Crippen molar-refractivity contribution in [3.8, 4) is 5.75 Å². The summed E-state index contributed by atoms with van der Waals surface area (Å²) in [5.74, 6) is 1.45. The van der Waals surface area contributed by atoms with Crippen LogP contribution >= 0.6 is 0 Å². The van der Waals surface area contributed by atoms with Crippen LogP contribution in [0.25, 0.3) is 0 Å². The molecule has 0 spiro atoms. The third kappa shape index (κ3) is 3.37. The highest BCUT2D eigenvalue weighted by Crippen LogP contribution is 2.26. The van der Waals surface area contributed by atoms with Gasteiger partial charge in [-0.05, 0) is 43.0 Å². The fraction of sp³-hybridized carbons (Fsp3) is 0.571. The van der Waals surface area contributed by atoms with Crippen LogP contribution in [-0.2, 0) is 0 Å². The van der Waals surface area contributed by atoms with Gasteiger partial charge in [-0.15, -0.1) is 0 Å². The number of anilines is 1. The van der Waals surface area contributed by atoms with E-state index < -0.39 is 0 Å². The maximum absolute atomic E-state index is 5.78. The van der Waals surface area contributed by atoms with E-state index in [0.29, 0.717) is 18.5 Å². The smallest absolute Gasteiger partial charge is 0.122 e. The summed E-state index contributed by atoms with van der Waals surface area (Å²) in [4.78, 5) is 0. The van der Waals surface area contributed by atoms with Crippen LogP contribution in [0.3, 0.4) is 0 Å². The fourth-order valence-corrected chi connectivity index (χ4v) is 1.86. The Morgan fingerprint density at radius 3 is 2.35 bits per heavy atom. The van der Waals surface area contributed by atoms with Crippen molar-refractivity contribution in [3.63, 3.8) is 0 Å². The van der Waals surface area contributed by atoms with Crippen molar-refractivity contribution in [2.24, 2.45) is 11.7 Å². The Balaban J connectivity index is 2.95. The van der Waals surface area contributed by atoms with E-state index in [2.05, 4.69) is 45.1 Å². The monoisotopic (exact) mass is 236 g/mol. The van der Waals surface area contributed by atoms with Gasteiger partial charge in [0, 0.05) is 18.3 Å². The van der Waals surface area contributed by atoms with Gasteiger partial charge >= 0.3 is 0 Å². The first-order valence-electron chi connectivity index (χ1n) is 6.11. The Morgan fingerprint density at radius 1 is 1.24 bits per heavy atom. The summed E-state index contributed by atoms with van der Waals surface area (Å²) in [5.41, 5.74) is 9.25.